The number of hydrogen-bond acceptors (Lipinski definition) is 4. The van der Waals surface area contributed by atoms with Crippen molar-refractivity contribution >= 4 is 5.97 Å². The molecular formula is C15H22N2O2. The van der Waals surface area contributed by atoms with Crippen molar-refractivity contribution in [2.75, 3.05) is 26.7 Å². The number of nitrogens with one attached hydrogen (secondary N) is 1. The first kappa shape index (κ1) is 14.0. The van der Waals surface area contributed by atoms with Crippen LogP contribution in [0, 0.1) is 0 Å². The van der Waals surface area contributed by atoms with Crippen molar-refractivity contribution in [3.05, 3.63) is 35.4 Å². The van der Waals surface area contributed by atoms with Gasteiger partial charge in [0.1, 0.15) is 0 Å². The maximum absolute atomic E-state index is 11.2. The SMILES string of the molecule is COC(=O)Cc1ccc(CN2CCN[C@@H](C)C2)cc1. The second-order valence-corrected chi connectivity index (χ2v) is 5.16. The first-order chi connectivity index (χ1) is 9.17. The lowest BCUT2D eigenvalue weighted by atomic mass is 10.1. The van der Waals surface area contributed by atoms with E-state index in [-0.39, 0.29) is 5.97 Å². The van der Waals surface area contributed by atoms with Crippen LogP contribution in [0.4, 0.5) is 0 Å². The summed E-state index contributed by atoms with van der Waals surface area (Å²) < 4.78 is 4.66. The lowest BCUT2D eigenvalue weighted by Crippen LogP contribution is -2.48. The zero-order valence-electron chi connectivity index (χ0n) is 11.7. The minimum Gasteiger partial charge on any atom is -0.469 e. The van der Waals surface area contributed by atoms with Crippen molar-refractivity contribution in [1.29, 1.82) is 0 Å². The molecule has 2 rings (SSSR count). The lowest BCUT2D eigenvalue weighted by molar-refractivity contribution is -0.139. The van der Waals surface area contributed by atoms with Gasteiger partial charge in [0.2, 0.25) is 0 Å². The molecule has 1 aliphatic rings. The van der Waals surface area contributed by atoms with Crippen molar-refractivity contribution in [3.8, 4) is 0 Å². The maximum atomic E-state index is 11.2. The molecule has 104 valence electrons. The van der Waals surface area contributed by atoms with Gasteiger partial charge in [0.05, 0.1) is 13.5 Å². The van der Waals surface area contributed by atoms with Gasteiger partial charge in [-0.2, -0.15) is 0 Å². The molecule has 1 fully saturated rings. The standard InChI is InChI=1S/C15H22N2O2/c1-12-10-17(8-7-16-12)11-14-5-3-13(4-6-14)9-15(18)19-2/h3-6,12,16H,7-11H2,1-2H3/t12-/m0/s1. The van der Waals surface area contributed by atoms with Gasteiger partial charge in [-0.25, -0.2) is 0 Å². The Balaban J connectivity index is 1.89. The second-order valence-electron chi connectivity index (χ2n) is 5.16. The Hall–Kier alpha value is -1.39. The number of piperazine rings is 1. The number of ether oxygens (including phenoxy) is 1. The van der Waals surface area contributed by atoms with Crippen molar-refractivity contribution in [2.24, 2.45) is 0 Å². The fraction of sp³-hybridized carbons (Fsp3) is 0.533. The number of methoxy groups -OCH3 is 1. The first-order valence-corrected chi connectivity index (χ1v) is 6.78. The van der Waals surface area contributed by atoms with Gasteiger partial charge in [0.25, 0.3) is 0 Å². The second kappa shape index (κ2) is 6.68. The Morgan fingerprint density at radius 1 is 1.37 bits per heavy atom. The first-order valence-electron chi connectivity index (χ1n) is 6.78. The summed E-state index contributed by atoms with van der Waals surface area (Å²) in [7, 11) is 1.42. The summed E-state index contributed by atoms with van der Waals surface area (Å²) >= 11 is 0. The molecule has 1 aliphatic heterocycles. The monoisotopic (exact) mass is 262 g/mol. The molecule has 4 heteroatoms. The molecule has 19 heavy (non-hydrogen) atoms. The van der Waals surface area contributed by atoms with Crippen LogP contribution in [-0.2, 0) is 22.5 Å². The molecule has 0 unspecified atom stereocenters. The molecule has 0 saturated carbocycles. The topological polar surface area (TPSA) is 41.6 Å². The highest BCUT2D eigenvalue weighted by atomic mass is 16.5. The van der Waals surface area contributed by atoms with Crippen LogP contribution in [0.1, 0.15) is 18.1 Å². The van der Waals surface area contributed by atoms with E-state index in [0.717, 1.165) is 31.7 Å². The van der Waals surface area contributed by atoms with Gasteiger partial charge in [-0.1, -0.05) is 24.3 Å². The summed E-state index contributed by atoms with van der Waals surface area (Å²) in [6.07, 6.45) is 0.349. The van der Waals surface area contributed by atoms with Crippen LogP contribution in [0.25, 0.3) is 0 Å². The van der Waals surface area contributed by atoms with Crippen LogP contribution in [-0.4, -0.2) is 43.7 Å². The van der Waals surface area contributed by atoms with Crippen LogP contribution >= 0.6 is 0 Å². The number of carbonyl (C=O) groups is 1. The summed E-state index contributed by atoms with van der Waals surface area (Å²) in [5.74, 6) is -0.191. The van der Waals surface area contributed by atoms with Crippen molar-refractivity contribution in [3.63, 3.8) is 0 Å². The molecule has 1 aromatic carbocycles. The number of esters is 1. The Morgan fingerprint density at radius 2 is 2.05 bits per heavy atom. The number of carbonyl (C=O) groups excluding carboxylic acids is 1. The van der Waals surface area contributed by atoms with E-state index in [0.29, 0.717) is 12.5 Å². The molecule has 0 aliphatic carbocycles. The smallest absolute Gasteiger partial charge is 0.309 e. The third-order valence-electron chi connectivity index (χ3n) is 3.46. The normalized spacial score (nSPS) is 20.2. The van der Waals surface area contributed by atoms with E-state index >= 15 is 0 Å². The average molecular weight is 262 g/mol. The van der Waals surface area contributed by atoms with Crippen molar-refractivity contribution in [1.82, 2.24) is 10.2 Å². The molecule has 0 bridgehead atoms. The van der Waals surface area contributed by atoms with E-state index in [9.17, 15) is 4.79 Å². The predicted molar refractivity (Wildman–Crippen MR) is 74.9 cm³/mol. The zero-order valence-corrected chi connectivity index (χ0v) is 11.7. The number of nitrogens with zero attached hydrogens (tertiary/aromatic N) is 1. The average Bonchev–Trinajstić information content (AvgIpc) is 2.41. The predicted octanol–water partition coefficient (Wildman–Crippen LogP) is 1.20. The van der Waals surface area contributed by atoms with E-state index in [4.69, 9.17) is 0 Å². The highest BCUT2D eigenvalue weighted by Crippen LogP contribution is 2.10. The Morgan fingerprint density at radius 3 is 2.68 bits per heavy atom. The van der Waals surface area contributed by atoms with Crippen molar-refractivity contribution < 1.29 is 9.53 Å². The van der Waals surface area contributed by atoms with E-state index in [1.807, 2.05) is 12.1 Å². The van der Waals surface area contributed by atoms with E-state index in [2.05, 4.69) is 34.0 Å². The van der Waals surface area contributed by atoms with Gasteiger partial charge in [-0.3, -0.25) is 9.69 Å². The Bertz CT molecular complexity index is 417. The minimum atomic E-state index is -0.191. The maximum Gasteiger partial charge on any atom is 0.309 e. The van der Waals surface area contributed by atoms with Crippen molar-refractivity contribution in [2.45, 2.75) is 25.9 Å². The molecule has 1 aromatic rings. The number of hydrogen-bond donors (Lipinski definition) is 1. The third kappa shape index (κ3) is 4.33. The molecule has 1 heterocycles. The molecule has 4 nitrogen and oxygen atoms in total. The van der Waals surface area contributed by atoms with Gasteiger partial charge in [0, 0.05) is 32.2 Å². The molecule has 1 N–H and O–H groups in total. The molecule has 0 aromatic heterocycles. The van der Waals surface area contributed by atoms with Crippen LogP contribution in [0.15, 0.2) is 24.3 Å². The highest BCUT2D eigenvalue weighted by molar-refractivity contribution is 5.72. The van der Waals surface area contributed by atoms with Gasteiger partial charge in [-0.15, -0.1) is 0 Å². The van der Waals surface area contributed by atoms with Crippen LogP contribution < -0.4 is 5.32 Å². The van der Waals surface area contributed by atoms with Crippen LogP contribution in [0.2, 0.25) is 0 Å². The molecule has 1 atom stereocenters. The Labute approximate surface area is 114 Å². The fourth-order valence-corrected chi connectivity index (χ4v) is 2.42. The van der Waals surface area contributed by atoms with Crippen LogP contribution in [0.5, 0.6) is 0 Å². The van der Waals surface area contributed by atoms with Gasteiger partial charge < -0.3 is 10.1 Å². The summed E-state index contributed by atoms with van der Waals surface area (Å²) in [5, 5.41) is 3.44. The summed E-state index contributed by atoms with van der Waals surface area (Å²) in [4.78, 5) is 13.6. The minimum absolute atomic E-state index is 0.191. The van der Waals surface area contributed by atoms with E-state index in [1.165, 1.54) is 12.7 Å². The molecule has 0 radical (unpaired) electrons. The number of benzene rings is 1. The molecule has 0 amide bonds. The van der Waals surface area contributed by atoms with E-state index < -0.39 is 0 Å². The fourth-order valence-electron chi connectivity index (χ4n) is 2.42. The van der Waals surface area contributed by atoms with Crippen LogP contribution in [0.3, 0.4) is 0 Å². The summed E-state index contributed by atoms with van der Waals surface area (Å²) in [5.41, 5.74) is 2.30. The van der Waals surface area contributed by atoms with E-state index in [1.54, 1.807) is 0 Å². The molecular weight excluding hydrogens is 240 g/mol. The molecule has 0 spiro atoms. The lowest BCUT2D eigenvalue weighted by Gasteiger charge is -2.31. The summed E-state index contributed by atoms with van der Waals surface area (Å²) in [6.45, 7) is 6.43. The molecule has 1 saturated heterocycles. The highest BCUT2D eigenvalue weighted by Gasteiger charge is 2.15. The van der Waals surface area contributed by atoms with Gasteiger partial charge in [0.15, 0.2) is 0 Å². The Kier molecular flexibility index (Phi) is 4.93. The number of rotatable bonds is 4. The third-order valence-corrected chi connectivity index (χ3v) is 3.46. The zero-order chi connectivity index (χ0) is 13.7. The summed E-state index contributed by atoms with van der Waals surface area (Å²) in [6, 6.07) is 8.79. The largest absolute Gasteiger partial charge is 0.469 e. The van der Waals surface area contributed by atoms with Gasteiger partial charge >= 0.3 is 5.97 Å². The van der Waals surface area contributed by atoms with Gasteiger partial charge in [-0.05, 0) is 18.1 Å². The quantitative estimate of drug-likeness (QED) is 0.828.